The summed E-state index contributed by atoms with van der Waals surface area (Å²) in [5, 5.41) is 7.41. The van der Waals surface area contributed by atoms with E-state index in [0.29, 0.717) is 6.42 Å². The van der Waals surface area contributed by atoms with Gasteiger partial charge in [-0.3, -0.25) is 4.98 Å². The predicted octanol–water partition coefficient (Wildman–Crippen LogP) is 1.01. The molecule has 0 saturated heterocycles. The van der Waals surface area contributed by atoms with E-state index in [2.05, 4.69) is 21.3 Å². The second-order valence-corrected chi connectivity index (χ2v) is 3.26. The van der Waals surface area contributed by atoms with Crippen molar-refractivity contribution in [3.8, 4) is 12.3 Å². The van der Waals surface area contributed by atoms with Crippen LogP contribution in [0.4, 0.5) is 0 Å². The third-order valence-electron chi connectivity index (χ3n) is 2.40. The smallest absolute Gasteiger partial charge is 0.0893 e. The average molecular weight is 200 g/mol. The largest absolute Gasteiger partial charge is 0.312 e. The van der Waals surface area contributed by atoms with Gasteiger partial charge in [0, 0.05) is 30.4 Å². The molecule has 0 aliphatic rings. The van der Waals surface area contributed by atoms with E-state index in [1.165, 1.54) is 0 Å². The molecular weight excluding hydrogens is 188 g/mol. The van der Waals surface area contributed by atoms with Gasteiger partial charge in [0.2, 0.25) is 0 Å². The summed E-state index contributed by atoms with van der Waals surface area (Å²) in [6, 6.07) is 0.136. The fraction of sp³-hybridized carbons (Fsp3) is 0.273. The van der Waals surface area contributed by atoms with Crippen molar-refractivity contribution < 1.29 is 0 Å². The Balaban J connectivity index is 2.47. The number of hydrogen-bond acceptors (Lipinski definition) is 3. The number of terminal acetylenes is 1. The number of nitrogens with one attached hydrogen (secondary N) is 1. The summed E-state index contributed by atoms with van der Waals surface area (Å²) in [5.74, 6) is 2.65. The van der Waals surface area contributed by atoms with E-state index in [1.54, 1.807) is 16.9 Å². The molecule has 15 heavy (non-hydrogen) atoms. The molecule has 1 unspecified atom stereocenters. The van der Waals surface area contributed by atoms with E-state index in [1.807, 2.05) is 19.4 Å². The van der Waals surface area contributed by atoms with Crippen LogP contribution in [0.1, 0.15) is 18.0 Å². The highest BCUT2D eigenvalue weighted by molar-refractivity contribution is 5.53. The standard InChI is InChI=1S/C11H12N4/c1-3-4-10(12-2)9-7-14-15-6-5-13-8-11(9)15/h1,5-8,10,12H,4H2,2H3. The van der Waals surface area contributed by atoms with Crippen molar-refractivity contribution in [2.75, 3.05) is 7.05 Å². The molecule has 76 valence electrons. The van der Waals surface area contributed by atoms with Gasteiger partial charge in [0.1, 0.15) is 0 Å². The van der Waals surface area contributed by atoms with Crippen LogP contribution in [0.3, 0.4) is 0 Å². The molecule has 4 heteroatoms. The monoisotopic (exact) mass is 200 g/mol. The zero-order valence-corrected chi connectivity index (χ0v) is 8.51. The minimum atomic E-state index is 0.136. The highest BCUT2D eigenvalue weighted by atomic mass is 15.2. The number of aromatic nitrogens is 3. The molecule has 0 fully saturated rings. The van der Waals surface area contributed by atoms with Crippen LogP contribution in [0.15, 0.2) is 24.8 Å². The van der Waals surface area contributed by atoms with Crippen molar-refractivity contribution in [3.63, 3.8) is 0 Å². The number of hydrogen-bond donors (Lipinski definition) is 1. The van der Waals surface area contributed by atoms with Gasteiger partial charge in [0.25, 0.3) is 0 Å². The first-order chi connectivity index (χ1) is 7.36. The van der Waals surface area contributed by atoms with Crippen molar-refractivity contribution in [2.24, 2.45) is 0 Å². The topological polar surface area (TPSA) is 42.2 Å². The van der Waals surface area contributed by atoms with Crippen LogP contribution < -0.4 is 5.32 Å². The second kappa shape index (κ2) is 4.11. The van der Waals surface area contributed by atoms with Crippen molar-refractivity contribution in [2.45, 2.75) is 12.5 Å². The number of nitrogens with zero attached hydrogens (tertiary/aromatic N) is 3. The summed E-state index contributed by atoms with van der Waals surface area (Å²) in [7, 11) is 1.89. The number of fused-ring (bicyclic) bond motifs is 1. The maximum Gasteiger partial charge on any atom is 0.0893 e. The molecule has 2 aromatic rings. The molecule has 0 spiro atoms. The van der Waals surface area contributed by atoms with Gasteiger partial charge in [-0.2, -0.15) is 5.10 Å². The molecule has 2 rings (SSSR count). The van der Waals surface area contributed by atoms with Gasteiger partial charge in [-0.1, -0.05) is 0 Å². The van der Waals surface area contributed by atoms with E-state index in [9.17, 15) is 0 Å². The lowest BCUT2D eigenvalue weighted by atomic mass is 10.1. The molecule has 2 heterocycles. The minimum Gasteiger partial charge on any atom is -0.312 e. The van der Waals surface area contributed by atoms with Crippen LogP contribution in [0.5, 0.6) is 0 Å². The van der Waals surface area contributed by atoms with Crippen LogP contribution in [0.25, 0.3) is 5.52 Å². The molecule has 0 aliphatic heterocycles. The summed E-state index contributed by atoms with van der Waals surface area (Å²) in [6.07, 6.45) is 13.1. The van der Waals surface area contributed by atoms with E-state index in [0.717, 1.165) is 11.1 Å². The first-order valence-electron chi connectivity index (χ1n) is 4.74. The van der Waals surface area contributed by atoms with Crippen molar-refractivity contribution in [1.82, 2.24) is 19.9 Å². The predicted molar refractivity (Wildman–Crippen MR) is 58.2 cm³/mol. The fourth-order valence-electron chi connectivity index (χ4n) is 1.61. The lowest BCUT2D eigenvalue weighted by Crippen LogP contribution is -2.15. The molecule has 1 atom stereocenters. The SMILES string of the molecule is C#CCC(NC)c1cnn2ccncc12. The van der Waals surface area contributed by atoms with Crippen LogP contribution in [0.2, 0.25) is 0 Å². The Kier molecular flexibility index (Phi) is 2.66. The van der Waals surface area contributed by atoms with E-state index >= 15 is 0 Å². The van der Waals surface area contributed by atoms with Crippen LogP contribution in [0, 0.1) is 12.3 Å². The van der Waals surface area contributed by atoms with Crippen LogP contribution in [-0.4, -0.2) is 21.6 Å². The van der Waals surface area contributed by atoms with Gasteiger partial charge in [0.05, 0.1) is 17.9 Å². The Labute approximate surface area is 88.3 Å². The van der Waals surface area contributed by atoms with Crippen LogP contribution in [-0.2, 0) is 0 Å². The highest BCUT2D eigenvalue weighted by Gasteiger charge is 2.13. The lowest BCUT2D eigenvalue weighted by Gasteiger charge is -2.11. The summed E-state index contributed by atoms with van der Waals surface area (Å²) in [6.45, 7) is 0. The molecule has 0 aromatic carbocycles. The zero-order chi connectivity index (χ0) is 10.7. The van der Waals surface area contributed by atoms with Crippen molar-refractivity contribution >= 4 is 5.52 Å². The van der Waals surface area contributed by atoms with Gasteiger partial charge in [-0.05, 0) is 7.05 Å². The molecule has 0 bridgehead atoms. The maximum absolute atomic E-state index is 5.32. The first kappa shape index (κ1) is 9.69. The Morgan fingerprint density at radius 3 is 3.20 bits per heavy atom. The minimum absolute atomic E-state index is 0.136. The first-order valence-corrected chi connectivity index (χ1v) is 4.74. The van der Waals surface area contributed by atoms with E-state index in [4.69, 9.17) is 6.42 Å². The number of rotatable bonds is 3. The second-order valence-electron chi connectivity index (χ2n) is 3.26. The lowest BCUT2D eigenvalue weighted by molar-refractivity contribution is 0.615. The van der Waals surface area contributed by atoms with Crippen molar-refractivity contribution in [1.29, 1.82) is 0 Å². The average Bonchev–Trinajstić information content (AvgIpc) is 2.70. The van der Waals surface area contributed by atoms with Gasteiger partial charge in [-0.15, -0.1) is 12.3 Å². The van der Waals surface area contributed by atoms with E-state index < -0.39 is 0 Å². The molecule has 0 saturated carbocycles. The quantitative estimate of drug-likeness (QED) is 0.752. The fourth-order valence-corrected chi connectivity index (χ4v) is 1.61. The third-order valence-corrected chi connectivity index (χ3v) is 2.40. The van der Waals surface area contributed by atoms with Gasteiger partial charge in [0.15, 0.2) is 0 Å². The summed E-state index contributed by atoms with van der Waals surface area (Å²) in [4.78, 5) is 4.08. The summed E-state index contributed by atoms with van der Waals surface area (Å²) >= 11 is 0. The zero-order valence-electron chi connectivity index (χ0n) is 8.51. The summed E-state index contributed by atoms with van der Waals surface area (Å²) < 4.78 is 1.79. The van der Waals surface area contributed by atoms with E-state index in [-0.39, 0.29) is 6.04 Å². The molecule has 0 aliphatic carbocycles. The third kappa shape index (κ3) is 1.69. The Morgan fingerprint density at radius 1 is 1.60 bits per heavy atom. The van der Waals surface area contributed by atoms with Crippen LogP contribution >= 0.6 is 0 Å². The molecular formula is C11H12N4. The summed E-state index contributed by atoms with van der Waals surface area (Å²) in [5.41, 5.74) is 2.08. The molecule has 2 aromatic heterocycles. The van der Waals surface area contributed by atoms with Gasteiger partial charge < -0.3 is 5.32 Å². The van der Waals surface area contributed by atoms with Crippen molar-refractivity contribution in [3.05, 3.63) is 30.4 Å². The Bertz CT molecular complexity index is 495. The normalized spacial score (nSPS) is 12.5. The molecule has 1 N–H and O–H groups in total. The highest BCUT2D eigenvalue weighted by Crippen LogP contribution is 2.20. The molecule has 0 amide bonds. The Hall–Kier alpha value is -1.86. The van der Waals surface area contributed by atoms with Gasteiger partial charge >= 0.3 is 0 Å². The maximum atomic E-state index is 5.32. The Morgan fingerprint density at radius 2 is 2.47 bits per heavy atom. The van der Waals surface area contributed by atoms with Gasteiger partial charge in [-0.25, -0.2) is 4.52 Å². The molecule has 0 radical (unpaired) electrons. The molecule has 4 nitrogen and oxygen atoms in total.